The zero-order chi connectivity index (χ0) is 19.3. The van der Waals surface area contributed by atoms with Gasteiger partial charge in [0.25, 0.3) is 5.91 Å². The highest BCUT2D eigenvalue weighted by atomic mass is 35.5. The average molecular weight is 375 g/mol. The molecule has 0 saturated carbocycles. The van der Waals surface area contributed by atoms with E-state index in [-0.39, 0.29) is 11.3 Å². The van der Waals surface area contributed by atoms with Crippen LogP contribution in [0.3, 0.4) is 0 Å². The van der Waals surface area contributed by atoms with E-state index >= 15 is 0 Å². The summed E-state index contributed by atoms with van der Waals surface area (Å²) >= 11 is 6.19. The van der Waals surface area contributed by atoms with Crippen LogP contribution in [0.15, 0.2) is 41.5 Å². The number of halogens is 1. The van der Waals surface area contributed by atoms with Crippen LogP contribution in [-0.2, 0) is 5.41 Å². The second-order valence-corrected chi connectivity index (χ2v) is 7.16. The monoisotopic (exact) mass is 374 g/mol. The number of rotatable bonds is 5. The van der Waals surface area contributed by atoms with E-state index in [4.69, 9.17) is 21.1 Å². The van der Waals surface area contributed by atoms with Crippen molar-refractivity contribution in [2.75, 3.05) is 14.2 Å². The quantitative estimate of drug-likeness (QED) is 0.622. The Hall–Kier alpha value is -2.53. The topological polar surface area (TPSA) is 59.9 Å². The Balaban J connectivity index is 2.09. The molecule has 0 aliphatic heterocycles. The van der Waals surface area contributed by atoms with Crippen LogP contribution in [0.4, 0.5) is 0 Å². The normalized spacial score (nSPS) is 11.5. The largest absolute Gasteiger partial charge is 0.493 e. The molecule has 1 amide bonds. The molecule has 26 heavy (non-hydrogen) atoms. The van der Waals surface area contributed by atoms with E-state index in [0.29, 0.717) is 27.6 Å². The van der Waals surface area contributed by atoms with Gasteiger partial charge in [-0.2, -0.15) is 5.10 Å². The first-order valence-electron chi connectivity index (χ1n) is 8.11. The van der Waals surface area contributed by atoms with E-state index in [0.717, 1.165) is 5.56 Å². The van der Waals surface area contributed by atoms with Crippen molar-refractivity contribution in [2.45, 2.75) is 26.2 Å². The van der Waals surface area contributed by atoms with E-state index < -0.39 is 0 Å². The molecular weight excluding hydrogens is 352 g/mol. The van der Waals surface area contributed by atoms with Crippen LogP contribution in [0.25, 0.3) is 0 Å². The molecule has 0 aliphatic rings. The summed E-state index contributed by atoms with van der Waals surface area (Å²) in [6, 6.07) is 10.8. The van der Waals surface area contributed by atoms with Gasteiger partial charge in [-0.3, -0.25) is 4.79 Å². The Morgan fingerprint density at radius 2 is 1.65 bits per heavy atom. The second-order valence-electron chi connectivity index (χ2n) is 6.76. The van der Waals surface area contributed by atoms with E-state index in [1.807, 2.05) is 12.1 Å². The number of nitrogens with one attached hydrogen (secondary N) is 1. The van der Waals surface area contributed by atoms with Crippen LogP contribution >= 0.6 is 11.6 Å². The molecule has 0 aromatic heterocycles. The molecule has 1 N–H and O–H groups in total. The molecule has 0 unspecified atom stereocenters. The van der Waals surface area contributed by atoms with Gasteiger partial charge in [0, 0.05) is 17.2 Å². The van der Waals surface area contributed by atoms with Crippen molar-refractivity contribution in [1.82, 2.24) is 5.43 Å². The summed E-state index contributed by atoms with van der Waals surface area (Å²) in [5.74, 6) is 0.762. The minimum absolute atomic E-state index is 0.0390. The van der Waals surface area contributed by atoms with Crippen molar-refractivity contribution < 1.29 is 14.3 Å². The standard InChI is InChI=1S/C20H23ClN2O3/c1-20(2,3)15-8-6-13(7-9-15)19(24)23-22-12-14-10-17(25-4)18(26-5)11-16(14)21/h6-12H,1-5H3,(H,23,24)/b22-12-. The molecule has 138 valence electrons. The molecular formula is C20H23ClN2O3. The third-order valence-electron chi connectivity index (χ3n) is 3.89. The summed E-state index contributed by atoms with van der Waals surface area (Å²) in [6.45, 7) is 6.37. The van der Waals surface area contributed by atoms with Crippen molar-refractivity contribution >= 4 is 23.7 Å². The number of amides is 1. The molecule has 0 saturated heterocycles. The Morgan fingerprint density at radius 3 is 2.19 bits per heavy atom. The summed E-state index contributed by atoms with van der Waals surface area (Å²) in [5, 5.41) is 4.42. The van der Waals surface area contributed by atoms with Gasteiger partial charge in [0.1, 0.15) is 0 Å². The predicted octanol–water partition coefficient (Wildman–Crippen LogP) is 4.42. The fourth-order valence-electron chi connectivity index (χ4n) is 2.32. The molecule has 0 atom stereocenters. The van der Waals surface area contributed by atoms with Crippen molar-refractivity contribution in [3.8, 4) is 11.5 Å². The van der Waals surface area contributed by atoms with Crippen molar-refractivity contribution in [3.05, 3.63) is 58.1 Å². The molecule has 0 spiro atoms. The van der Waals surface area contributed by atoms with Gasteiger partial charge in [-0.15, -0.1) is 0 Å². The highest BCUT2D eigenvalue weighted by Crippen LogP contribution is 2.32. The van der Waals surface area contributed by atoms with Gasteiger partial charge in [-0.1, -0.05) is 44.5 Å². The number of ether oxygens (including phenoxy) is 2. The maximum absolute atomic E-state index is 12.2. The Bertz CT molecular complexity index is 809. The lowest BCUT2D eigenvalue weighted by Gasteiger charge is -2.18. The van der Waals surface area contributed by atoms with Crippen LogP contribution in [0.2, 0.25) is 5.02 Å². The lowest BCUT2D eigenvalue weighted by Crippen LogP contribution is -2.18. The van der Waals surface area contributed by atoms with Crippen molar-refractivity contribution in [3.63, 3.8) is 0 Å². The van der Waals surface area contributed by atoms with Crippen LogP contribution in [0, 0.1) is 0 Å². The maximum atomic E-state index is 12.2. The summed E-state index contributed by atoms with van der Waals surface area (Å²) in [4.78, 5) is 12.2. The summed E-state index contributed by atoms with van der Waals surface area (Å²) in [7, 11) is 3.07. The molecule has 6 heteroatoms. The predicted molar refractivity (Wildman–Crippen MR) is 105 cm³/mol. The van der Waals surface area contributed by atoms with Gasteiger partial charge >= 0.3 is 0 Å². The van der Waals surface area contributed by atoms with Crippen molar-refractivity contribution in [1.29, 1.82) is 0 Å². The van der Waals surface area contributed by atoms with Crippen LogP contribution in [0.1, 0.15) is 42.3 Å². The lowest BCUT2D eigenvalue weighted by molar-refractivity contribution is 0.0955. The number of methoxy groups -OCH3 is 2. The van der Waals surface area contributed by atoms with Crippen LogP contribution < -0.4 is 14.9 Å². The van der Waals surface area contributed by atoms with Gasteiger partial charge in [0.2, 0.25) is 0 Å². The minimum Gasteiger partial charge on any atom is -0.493 e. The third kappa shape index (κ3) is 4.76. The Morgan fingerprint density at radius 1 is 1.08 bits per heavy atom. The number of nitrogens with zero attached hydrogens (tertiary/aromatic N) is 1. The second kappa shape index (κ2) is 8.23. The van der Waals surface area contributed by atoms with Gasteiger partial charge in [0.15, 0.2) is 11.5 Å². The summed E-state index contributed by atoms with van der Waals surface area (Å²) < 4.78 is 10.4. The van der Waals surface area contributed by atoms with E-state index in [1.165, 1.54) is 20.4 Å². The molecule has 2 rings (SSSR count). The maximum Gasteiger partial charge on any atom is 0.271 e. The number of carbonyl (C=O) groups is 1. The lowest BCUT2D eigenvalue weighted by atomic mass is 9.87. The molecule has 2 aromatic carbocycles. The van der Waals surface area contributed by atoms with Crippen LogP contribution in [0.5, 0.6) is 11.5 Å². The van der Waals surface area contributed by atoms with E-state index in [9.17, 15) is 4.79 Å². The highest BCUT2D eigenvalue weighted by molar-refractivity contribution is 6.33. The first kappa shape index (κ1) is 19.8. The SMILES string of the molecule is COc1cc(Cl)c(/C=N\NC(=O)c2ccc(C(C)(C)C)cc2)cc1OC. The van der Waals surface area contributed by atoms with Gasteiger partial charge < -0.3 is 9.47 Å². The molecule has 0 bridgehead atoms. The molecule has 0 heterocycles. The van der Waals surface area contributed by atoms with Gasteiger partial charge in [-0.25, -0.2) is 5.43 Å². The molecule has 0 aliphatic carbocycles. The number of benzene rings is 2. The zero-order valence-corrected chi connectivity index (χ0v) is 16.3. The molecule has 5 nitrogen and oxygen atoms in total. The molecule has 2 aromatic rings. The average Bonchev–Trinajstić information content (AvgIpc) is 2.61. The minimum atomic E-state index is -0.293. The summed E-state index contributed by atoms with van der Waals surface area (Å²) in [6.07, 6.45) is 1.46. The third-order valence-corrected chi connectivity index (χ3v) is 4.21. The molecule has 0 radical (unpaired) electrons. The Labute approximate surface area is 159 Å². The first-order chi connectivity index (χ1) is 12.3. The number of carbonyl (C=O) groups excluding carboxylic acids is 1. The van der Waals surface area contributed by atoms with Gasteiger partial charge in [0.05, 0.1) is 25.5 Å². The summed E-state index contributed by atoms with van der Waals surface area (Å²) in [5.41, 5.74) is 4.84. The fourth-order valence-corrected chi connectivity index (χ4v) is 2.52. The van der Waals surface area contributed by atoms with E-state index in [1.54, 1.807) is 24.3 Å². The number of hydrogen-bond acceptors (Lipinski definition) is 4. The first-order valence-corrected chi connectivity index (χ1v) is 8.49. The zero-order valence-electron chi connectivity index (χ0n) is 15.6. The fraction of sp³-hybridized carbons (Fsp3) is 0.300. The Kier molecular flexibility index (Phi) is 6.27. The smallest absolute Gasteiger partial charge is 0.271 e. The highest BCUT2D eigenvalue weighted by Gasteiger charge is 2.14. The van der Waals surface area contributed by atoms with Crippen LogP contribution in [-0.4, -0.2) is 26.3 Å². The molecule has 0 fully saturated rings. The van der Waals surface area contributed by atoms with E-state index in [2.05, 4.69) is 31.3 Å². The van der Waals surface area contributed by atoms with Gasteiger partial charge in [-0.05, 0) is 29.2 Å². The number of hydrogen-bond donors (Lipinski definition) is 1. The van der Waals surface area contributed by atoms with Crippen molar-refractivity contribution in [2.24, 2.45) is 5.10 Å². The number of hydrazone groups is 1.